The second-order valence-corrected chi connectivity index (χ2v) is 16.2. The van der Waals surface area contributed by atoms with Gasteiger partial charge in [0.15, 0.2) is 12.4 Å². The van der Waals surface area contributed by atoms with Crippen molar-refractivity contribution in [1.29, 1.82) is 0 Å². The van der Waals surface area contributed by atoms with Gasteiger partial charge in [-0.15, -0.1) is 0 Å². The van der Waals surface area contributed by atoms with E-state index in [-0.39, 0.29) is 32.0 Å². The molecule has 0 aromatic carbocycles. The van der Waals surface area contributed by atoms with Gasteiger partial charge in [-0.2, -0.15) is 0 Å². The molecule has 4 N–H and O–H groups in total. The number of ether oxygens (including phenoxy) is 4. The zero-order valence-electron chi connectivity index (χ0n) is 35.5. The van der Waals surface area contributed by atoms with Crippen LogP contribution in [-0.2, 0) is 28.5 Å². The standard InChI is InChI=1S/C45H86O10/c1-3-5-7-9-11-12-13-14-15-16-17-18-19-20-21-22-23-24-25-26-28-29-31-33-40(47)52-36-38(54-41(48)34-32-30-27-10-8-6-4-2)37-53-45-44(51)43(50)42(49)39(35-46)55-45/h38-39,42-46,49-51H,3-37H2,1-2H3/t38-,39-,42+,43?,44?,45-/m0/s1. The summed E-state index contributed by atoms with van der Waals surface area (Å²) in [6, 6.07) is 0. The molecule has 2 unspecified atom stereocenters. The number of carbonyl (C=O) groups is 2. The summed E-state index contributed by atoms with van der Waals surface area (Å²) in [5.41, 5.74) is 0. The average molecular weight is 787 g/mol. The number of aliphatic hydroxyl groups is 4. The average Bonchev–Trinajstić information content (AvgIpc) is 3.18. The number of aliphatic hydroxyl groups excluding tert-OH is 4. The lowest BCUT2D eigenvalue weighted by Crippen LogP contribution is -2.59. The molecule has 10 heteroatoms. The molecule has 10 nitrogen and oxygen atoms in total. The Morgan fingerprint density at radius 1 is 0.491 bits per heavy atom. The minimum absolute atomic E-state index is 0.210. The highest BCUT2D eigenvalue weighted by Crippen LogP contribution is 2.23. The van der Waals surface area contributed by atoms with Gasteiger partial charge >= 0.3 is 11.9 Å². The molecular formula is C45H86O10. The quantitative estimate of drug-likeness (QED) is 0.0350. The van der Waals surface area contributed by atoms with Crippen LogP contribution in [0.1, 0.15) is 219 Å². The summed E-state index contributed by atoms with van der Waals surface area (Å²) in [5, 5.41) is 39.9. The van der Waals surface area contributed by atoms with Gasteiger partial charge in [-0.05, 0) is 12.8 Å². The normalized spacial score (nSPS) is 20.4. The third-order valence-electron chi connectivity index (χ3n) is 11.0. The fourth-order valence-electron chi connectivity index (χ4n) is 7.31. The Hall–Kier alpha value is -1.30. The topological polar surface area (TPSA) is 152 Å². The van der Waals surface area contributed by atoms with Crippen LogP contribution >= 0.6 is 0 Å². The van der Waals surface area contributed by atoms with Gasteiger partial charge in [-0.3, -0.25) is 9.59 Å². The lowest BCUT2D eigenvalue weighted by atomic mass is 9.99. The van der Waals surface area contributed by atoms with E-state index in [4.69, 9.17) is 18.9 Å². The predicted octanol–water partition coefficient (Wildman–Crippen LogP) is 9.78. The first-order valence-corrected chi connectivity index (χ1v) is 23.1. The van der Waals surface area contributed by atoms with E-state index in [9.17, 15) is 30.0 Å². The van der Waals surface area contributed by atoms with Crippen molar-refractivity contribution in [2.45, 2.75) is 256 Å². The highest BCUT2D eigenvalue weighted by molar-refractivity contribution is 5.70. The van der Waals surface area contributed by atoms with Crippen LogP contribution in [0.15, 0.2) is 0 Å². The van der Waals surface area contributed by atoms with Crippen LogP contribution in [0.25, 0.3) is 0 Å². The molecule has 55 heavy (non-hydrogen) atoms. The lowest BCUT2D eigenvalue weighted by Gasteiger charge is -2.39. The molecule has 326 valence electrons. The van der Waals surface area contributed by atoms with Crippen molar-refractivity contribution >= 4 is 11.9 Å². The minimum atomic E-state index is -1.59. The molecule has 0 radical (unpaired) electrons. The van der Waals surface area contributed by atoms with Crippen LogP contribution in [-0.4, -0.2) is 89.0 Å². The Labute approximate surface area is 336 Å². The summed E-state index contributed by atoms with van der Waals surface area (Å²) in [6.45, 7) is 3.40. The maximum absolute atomic E-state index is 12.6. The molecule has 0 aromatic heterocycles. The van der Waals surface area contributed by atoms with E-state index in [1.54, 1.807) is 0 Å². The van der Waals surface area contributed by atoms with Crippen LogP contribution < -0.4 is 0 Å². The summed E-state index contributed by atoms with van der Waals surface area (Å²) < 4.78 is 22.1. The number of hydrogen-bond acceptors (Lipinski definition) is 10. The molecule has 1 fully saturated rings. The molecule has 0 aromatic rings. The first-order valence-electron chi connectivity index (χ1n) is 23.1. The van der Waals surface area contributed by atoms with E-state index in [1.807, 2.05) is 0 Å². The first-order chi connectivity index (χ1) is 26.8. The second kappa shape index (κ2) is 37.0. The van der Waals surface area contributed by atoms with Gasteiger partial charge in [0.25, 0.3) is 0 Å². The van der Waals surface area contributed by atoms with E-state index in [1.165, 1.54) is 148 Å². The maximum atomic E-state index is 12.6. The van der Waals surface area contributed by atoms with Gasteiger partial charge in [-0.1, -0.05) is 194 Å². The fourth-order valence-corrected chi connectivity index (χ4v) is 7.31. The molecule has 1 aliphatic heterocycles. The van der Waals surface area contributed by atoms with Crippen LogP contribution in [0.5, 0.6) is 0 Å². The summed E-state index contributed by atoms with van der Waals surface area (Å²) in [6.07, 6.45) is 30.1. The Kier molecular flexibility index (Phi) is 34.8. The molecule has 0 amide bonds. The van der Waals surface area contributed by atoms with Gasteiger partial charge in [0.2, 0.25) is 0 Å². The Morgan fingerprint density at radius 2 is 0.855 bits per heavy atom. The number of carbonyl (C=O) groups excluding carboxylic acids is 2. The number of unbranched alkanes of at least 4 members (excludes halogenated alkanes) is 28. The van der Waals surface area contributed by atoms with Crippen LogP contribution in [0.4, 0.5) is 0 Å². The molecular weight excluding hydrogens is 700 g/mol. The molecule has 1 rings (SSSR count). The third-order valence-corrected chi connectivity index (χ3v) is 11.0. The Morgan fingerprint density at radius 3 is 1.24 bits per heavy atom. The lowest BCUT2D eigenvalue weighted by molar-refractivity contribution is -0.305. The van der Waals surface area contributed by atoms with E-state index in [0.29, 0.717) is 6.42 Å². The minimum Gasteiger partial charge on any atom is -0.462 e. The van der Waals surface area contributed by atoms with Crippen LogP contribution in [0.3, 0.4) is 0 Å². The zero-order valence-corrected chi connectivity index (χ0v) is 35.5. The molecule has 6 atom stereocenters. The van der Waals surface area contributed by atoms with Crippen molar-refractivity contribution in [3.8, 4) is 0 Å². The Balaban J connectivity index is 2.15. The summed E-state index contributed by atoms with van der Waals surface area (Å²) in [5.74, 6) is -0.800. The van der Waals surface area contributed by atoms with Crippen molar-refractivity contribution in [3.05, 3.63) is 0 Å². The summed E-state index contributed by atoms with van der Waals surface area (Å²) in [7, 11) is 0. The van der Waals surface area contributed by atoms with Gasteiger partial charge in [0, 0.05) is 12.8 Å². The van der Waals surface area contributed by atoms with E-state index < -0.39 is 49.4 Å². The molecule has 1 saturated heterocycles. The Bertz CT molecular complexity index is 871. The van der Waals surface area contributed by atoms with Crippen molar-refractivity contribution < 1.29 is 49.0 Å². The highest BCUT2D eigenvalue weighted by atomic mass is 16.7. The van der Waals surface area contributed by atoms with Crippen molar-refractivity contribution in [2.24, 2.45) is 0 Å². The second-order valence-electron chi connectivity index (χ2n) is 16.2. The fraction of sp³-hybridized carbons (Fsp3) is 0.956. The summed E-state index contributed by atoms with van der Waals surface area (Å²) >= 11 is 0. The third kappa shape index (κ3) is 28.7. The number of hydrogen-bond donors (Lipinski definition) is 4. The van der Waals surface area contributed by atoms with Crippen molar-refractivity contribution in [3.63, 3.8) is 0 Å². The molecule has 0 spiro atoms. The van der Waals surface area contributed by atoms with Crippen LogP contribution in [0.2, 0.25) is 0 Å². The highest BCUT2D eigenvalue weighted by Gasteiger charge is 2.44. The summed E-state index contributed by atoms with van der Waals surface area (Å²) in [4.78, 5) is 25.2. The van der Waals surface area contributed by atoms with Gasteiger partial charge in [0.05, 0.1) is 13.2 Å². The zero-order chi connectivity index (χ0) is 40.2. The van der Waals surface area contributed by atoms with E-state index in [2.05, 4.69) is 13.8 Å². The predicted molar refractivity (Wildman–Crippen MR) is 220 cm³/mol. The van der Waals surface area contributed by atoms with E-state index in [0.717, 1.165) is 38.5 Å². The van der Waals surface area contributed by atoms with Gasteiger partial charge in [0.1, 0.15) is 31.0 Å². The largest absolute Gasteiger partial charge is 0.462 e. The number of rotatable bonds is 39. The van der Waals surface area contributed by atoms with Gasteiger partial charge < -0.3 is 39.4 Å². The molecule has 1 heterocycles. The molecule has 1 aliphatic rings. The maximum Gasteiger partial charge on any atom is 0.306 e. The smallest absolute Gasteiger partial charge is 0.306 e. The van der Waals surface area contributed by atoms with Gasteiger partial charge in [-0.25, -0.2) is 0 Å². The van der Waals surface area contributed by atoms with Crippen molar-refractivity contribution in [1.82, 2.24) is 0 Å². The van der Waals surface area contributed by atoms with E-state index >= 15 is 0 Å². The van der Waals surface area contributed by atoms with Crippen molar-refractivity contribution in [2.75, 3.05) is 19.8 Å². The molecule has 0 saturated carbocycles. The molecule has 0 aliphatic carbocycles. The SMILES string of the molecule is CCCCCCCCCCCCCCCCCCCCCCCCCC(=O)OC[C@@H](CO[C@H]1O[C@@H](CO)[C@@H](O)C(O)C1O)OC(=O)CCCCCCCCC. The monoisotopic (exact) mass is 787 g/mol. The first kappa shape index (κ1) is 51.7. The van der Waals surface area contributed by atoms with Crippen LogP contribution in [0, 0.1) is 0 Å². The molecule has 0 bridgehead atoms. The number of esters is 2.